The summed E-state index contributed by atoms with van der Waals surface area (Å²) in [5, 5.41) is 0. The van der Waals surface area contributed by atoms with Crippen LogP contribution in [0.3, 0.4) is 0 Å². The second kappa shape index (κ2) is 7.65. The molecule has 2 heterocycles. The van der Waals surface area contributed by atoms with E-state index in [2.05, 4.69) is 36.9 Å². The normalized spacial score (nSPS) is 25.4. The molecule has 2 fully saturated rings. The molecule has 29 heavy (non-hydrogen) atoms. The van der Waals surface area contributed by atoms with Crippen molar-refractivity contribution in [2.24, 2.45) is 11.8 Å². The average molecular weight is 396 g/mol. The van der Waals surface area contributed by atoms with Gasteiger partial charge in [-0.3, -0.25) is 19.3 Å². The first kappa shape index (κ1) is 19.7. The standard InChI is InChI=1S/C23H29N3O3/c1-15-7-6-10-20(16(15)2)24-11-13-25(14-12-24)21(27)17(3)26-22(28)18-8-4-5-9-19(18)23(26)29/h4-7,10,17-19H,8-9,11-14H2,1-3H3/t17-,18+,19+/m0/s1. The Kier molecular flexibility index (Phi) is 5.19. The summed E-state index contributed by atoms with van der Waals surface area (Å²) in [5.41, 5.74) is 3.74. The van der Waals surface area contributed by atoms with Crippen molar-refractivity contribution in [3.63, 3.8) is 0 Å². The fourth-order valence-corrected chi connectivity index (χ4v) is 4.83. The van der Waals surface area contributed by atoms with Gasteiger partial charge < -0.3 is 9.80 Å². The van der Waals surface area contributed by atoms with E-state index >= 15 is 0 Å². The number of benzene rings is 1. The van der Waals surface area contributed by atoms with Gasteiger partial charge in [-0.25, -0.2) is 0 Å². The van der Waals surface area contributed by atoms with Gasteiger partial charge in [0.25, 0.3) is 0 Å². The molecule has 6 heteroatoms. The molecule has 1 aromatic carbocycles. The lowest BCUT2D eigenvalue weighted by Gasteiger charge is -2.38. The van der Waals surface area contributed by atoms with Gasteiger partial charge in [0.15, 0.2) is 0 Å². The third-order valence-corrected chi connectivity index (χ3v) is 6.79. The Morgan fingerprint density at radius 1 is 0.966 bits per heavy atom. The Labute approximate surface area is 172 Å². The molecule has 3 amide bonds. The molecule has 3 aliphatic rings. The number of rotatable bonds is 3. The quantitative estimate of drug-likeness (QED) is 0.582. The molecule has 0 radical (unpaired) electrons. The molecule has 6 nitrogen and oxygen atoms in total. The van der Waals surface area contributed by atoms with Crippen molar-refractivity contribution in [1.29, 1.82) is 0 Å². The van der Waals surface area contributed by atoms with E-state index in [1.165, 1.54) is 21.7 Å². The van der Waals surface area contributed by atoms with Gasteiger partial charge in [0.2, 0.25) is 17.7 Å². The Morgan fingerprint density at radius 2 is 1.55 bits per heavy atom. The van der Waals surface area contributed by atoms with Crippen molar-refractivity contribution in [3.05, 3.63) is 41.5 Å². The topological polar surface area (TPSA) is 60.9 Å². The molecular weight excluding hydrogens is 366 g/mol. The zero-order chi connectivity index (χ0) is 20.7. The zero-order valence-electron chi connectivity index (χ0n) is 17.4. The summed E-state index contributed by atoms with van der Waals surface area (Å²) in [6, 6.07) is 5.57. The number of amides is 3. The predicted molar refractivity (Wildman–Crippen MR) is 111 cm³/mol. The Morgan fingerprint density at radius 3 is 2.14 bits per heavy atom. The third-order valence-electron chi connectivity index (χ3n) is 6.79. The van der Waals surface area contributed by atoms with Crippen LogP contribution >= 0.6 is 0 Å². The highest BCUT2D eigenvalue weighted by Gasteiger charge is 2.50. The molecule has 4 rings (SSSR count). The summed E-state index contributed by atoms with van der Waals surface area (Å²) in [6.07, 6.45) is 5.13. The molecule has 0 N–H and O–H groups in total. The Balaban J connectivity index is 1.41. The van der Waals surface area contributed by atoms with Crippen LogP contribution in [0.1, 0.15) is 30.9 Å². The molecule has 2 aliphatic heterocycles. The van der Waals surface area contributed by atoms with Crippen LogP contribution in [0.5, 0.6) is 0 Å². The van der Waals surface area contributed by atoms with Gasteiger partial charge in [-0.1, -0.05) is 24.3 Å². The minimum Gasteiger partial charge on any atom is -0.368 e. The highest BCUT2D eigenvalue weighted by molar-refractivity contribution is 6.08. The lowest BCUT2D eigenvalue weighted by atomic mass is 9.85. The maximum absolute atomic E-state index is 13.1. The highest BCUT2D eigenvalue weighted by atomic mass is 16.2. The van der Waals surface area contributed by atoms with Gasteiger partial charge in [-0.2, -0.15) is 0 Å². The van der Waals surface area contributed by atoms with E-state index < -0.39 is 6.04 Å². The smallest absolute Gasteiger partial charge is 0.245 e. The lowest BCUT2D eigenvalue weighted by molar-refractivity contribution is -0.151. The largest absolute Gasteiger partial charge is 0.368 e. The minimum atomic E-state index is -0.729. The first-order valence-corrected chi connectivity index (χ1v) is 10.5. The molecule has 0 unspecified atom stereocenters. The highest BCUT2D eigenvalue weighted by Crippen LogP contribution is 2.36. The number of anilines is 1. The monoisotopic (exact) mass is 395 g/mol. The Hall–Kier alpha value is -2.63. The van der Waals surface area contributed by atoms with Crippen LogP contribution in [0.25, 0.3) is 0 Å². The van der Waals surface area contributed by atoms with Gasteiger partial charge in [0.05, 0.1) is 11.8 Å². The number of imide groups is 1. The van der Waals surface area contributed by atoms with Crippen LogP contribution in [-0.4, -0.2) is 59.7 Å². The average Bonchev–Trinajstić information content (AvgIpc) is 3.00. The predicted octanol–water partition coefficient (Wildman–Crippen LogP) is 2.29. The van der Waals surface area contributed by atoms with E-state index in [0.29, 0.717) is 25.9 Å². The van der Waals surface area contributed by atoms with Gasteiger partial charge in [-0.15, -0.1) is 0 Å². The molecule has 0 saturated carbocycles. The van der Waals surface area contributed by atoms with E-state index in [1.807, 2.05) is 12.2 Å². The van der Waals surface area contributed by atoms with Crippen molar-refractivity contribution in [3.8, 4) is 0 Å². The van der Waals surface area contributed by atoms with Gasteiger partial charge in [-0.05, 0) is 50.8 Å². The Bertz CT molecular complexity index is 844. The number of carbonyl (C=O) groups is 3. The van der Waals surface area contributed by atoms with Crippen LogP contribution in [0.4, 0.5) is 5.69 Å². The van der Waals surface area contributed by atoms with E-state index in [0.717, 1.165) is 13.1 Å². The van der Waals surface area contributed by atoms with Gasteiger partial charge in [0.1, 0.15) is 6.04 Å². The van der Waals surface area contributed by atoms with Gasteiger partial charge in [0, 0.05) is 31.9 Å². The summed E-state index contributed by atoms with van der Waals surface area (Å²) < 4.78 is 0. The number of fused-ring (bicyclic) bond motifs is 1. The molecule has 2 saturated heterocycles. The molecule has 154 valence electrons. The van der Waals surface area contributed by atoms with Crippen molar-refractivity contribution in [2.75, 3.05) is 31.1 Å². The van der Waals surface area contributed by atoms with E-state index in [9.17, 15) is 14.4 Å². The number of aryl methyl sites for hydroxylation is 1. The van der Waals surface area contributed by atoms with Crippen LogP contribution in [0, 0.1) is 25.7 Å². The van der Waals surface area contributed by atoms with Crippen LogP contribution in [-0.2, 0) is 14.4 Å². The fourth-order valence-electron chi connectivity index (χ4n) is 4.83. The first-order valence-electron chi connectivity index (χ1n) is 10.5. The summed E-state index contributed by atoms with van der Waals surface area (Å²) >= 11 is 0. The van der Waals surface area contributed by atoms with E-state index in [1.54, 1.807) is 11.8 Å². The fraction of sp³-hybridized carbons (Fsp3) is 0.522. The minimum absolute atomic E-state index is 0.126. The molecular formula is C23H29N3O3. The molecule has 0 spiro atoms. The van der Waals surface area contributed by atoms with E-state index in [4.69, 9.17) is 0 Å². The molecule has 1 aliphatic carbocycles. The van der Waals surface area contributed by atoms with E-state index in [-0.39, 0.29) is 29.6 Å². The summed E-state index contributed by atoms with van der Waals surface area (Å²) in [5.74, 6) is -1.06. The lowest BCUT2D eigenvalue weighted by Crippen LogP contribution is -2.55. The number of piperazine rings is 1. The summed E-state index contributed by atoms with van der Waals surface area (Å²) in [4.78, 5) is 44.0. The van der Waals surface area contributed by atoms with Crippen LogP contribution < -0.4 is 4.90 Å². The number of carbonyl (C=O) groups excluding carboxylic acids is 3. The van der Waals surface area contributed by atoms with Crippen molar-refractivity contribution < 1.29 is 14.4 Å². The number of hydrogen-bond acceptors (Lipinski definition) is 4. The molecule has 1 aromatic rings. The SMILES string of the molecule is Cc1cccc(N2CCN(C(=O)[C@H](C)N3C(=O)[C@@H]4CC=CC[C@H]4C3=O)CC2)c1C. The van der Waals surface area contributed by atoms with Gasteiger partial charge >= 0.3 is 0 Å². The zero-order valence-corrected chi connectivity index (χ0v) is 17.4. The second-order valence-electron chi connectivity index (χ2n) is 8.41. The van der Waals surface area contributed by atoms with Crippen molar-refractivity contribution in [2.45, 2.75) is 39.7 Å². The molecule has 3 atom stereocenters. The number of likely N-dealkylation sites (tertiary alicyclic amines) is 1. The number of allylic oxidation sites excluding steroid dienone is 2. The first-order chi connectivity index (χ1) is 13.9. The molecule has 0 bridgehead atoms. The third kappa shape index (κ3) is 3.34. The number of nitrogens with zero attached hydrogens (tertiary/aromatic N) is 3. The second-order valence-corrected chi connectivity index (χ2v) is 8.41. The summed E-state index contributed by atoms with van der Waals surface area (Å²) in [6.45, 7) is 8.63. The van der Waals surface area contributed by atoms with Crippen molar-refractivity contribution >= 4 is 23.4 Å². The maximum atomic E-state index is 13.1. The van der Waals surface area contributed by atoms with Crippen molar-refractivity contribution in [1.82, 2.24) is 9.80 Å². The molecule has 0 aromatic heterocycles. The summed E-state index contributed by atoms with van der Waals surface area (Å²) in [7, 11) is 0. The number of hydrogen-bond donors (Lipinski definition) is 0. The van der Waals surface area contributed by atoms with Crippen LogP contribution in [0.2, 0.25) is 0 Å². The maximum Gasteiger partial charge on any atom is 0.245 e. The van der Waals surface area contributed by atoms with Crippen LogP contribution in [0.15, 0.2) is 30.4 Å².